The molecule has 2 aromatic rings. The molecule has 138 valence electrons. The number of aliphatic hydroxyl groups excluding tert-OH is 1. The summed E-state index contributed by atoms with van der Waals surface area (Å²) in [6.07, 6.45) is 3.61. The van der Waals surface area contributed by atoms with Crippen LogP contribution in [0.3, 0.4) is 0 Å². The van der Waals surface area contributed by atoms with Crippen LogP contribution in [0, 0.1) is 11.8 Å². The van der Waals surface area contributed by atoms with Gasteiger partial charge in [0.05, 0.1) is 0 Å². The van der Waals surface area contributed by atoms with E-state index >= 15 is 0 Å². The Morgan fingerprint density at radius 1 is 1.32 bits per heavy atom. The number of aromatic nitrogens is 1. The Morgan fingerprint density at radius 3 is 2.80 bits per heavy atom. The Labute approximate surface area is 150 Å². The average molecular weight is 344 g/mol. The summed E-state index contributed by atoms with van der Waals surface area (Å²) in [5, 5.41) is 18.1. The summed E-state index contributed by atoms with van der Waals surface area (Å²) in [7, 11) is 1.00. The van der Waals surface area contributed by atoms with Gasteiger partial charge in [0.25, 0.3) is 0 Å². The van der Waals surface area contributed by atoms with E-state index in [1.807, 2.05) is 12.1 Å². The first-order valence-corrected chi connectivity index (χ1v) is 9.60. The SMILES string of the molecule is CCC(C)C1C2C[C@H](C)CN1CCc1c2[nH]c2ccc(O)cc12.CO. The van der Waals surface area contributed by atoms with Crippen LogP contribution in [0.2, 0.25) is 0 Å². The van der Waals surface area contributed by atoms with Gasteiger partial charge in [-0.2, -0.15) is 0 Å². The first-order valence-electron chi connectivity index (χ1n) is 9.60. The number of H-pyrrole nitrogens is 1. The zero-order valence-corrected chi connectivity index (χ0v) is 15.9. The van der Waals surface area contributed by atoms with E-state index in [1.54, 1.807) is 6.07 Å². The Morgan fingerprint density at radius 2 is 2.08 bits per heavy atom. The number of benzene rings is 1. The molecular weight excluding hydrogens is 312 g/mol. The van der Waals surface area contributed by atoms with Crippen LogP contribution in [-0.2, 0) is 6.42 Å². The van der Waals surface area contributed by atoms with Gasteiger partial charge in [0.15, 0.2) is 0 Å². The lowest BCUT2D eigenvalue weighted by Crippen LogP contribution is -2.49. The van der Waals surface area contributed by atoms with Crippen LogP contribution in [0.5, 0.6) is 5.75 Å². The first kappa shape index (κ1) is 18.3. The van der Waals surface area contributed by atoms with Crippen molar-refractivity contribution < 1.29 is 10.2 Å². The molecule has 5 atom stereocenters. The minimum absolute atomic E-state index is 0.374. The van der Waals surface area contributed by atoms with Gasteiger partial charge in [0.2, 0.25) is 0 Å². The minimum Gasteiger partial charge on any atom is -0.508 e. The summed E-state index contributed by atoms with van der Waals surface area (Å²) in [6, 6.07) is 6.41. The molecule has 2 aliphatic rings. The number of aromatic hydroxyl groups is 1. The number of hydrogen-bond acceptors (Lipinski definition) is 3. The van der Waals surface area contributed by atoms with Crippen molar-refractivity contribution in [2.24, 2.45) is 11.8 Å². The summed E-state index contributed by atoms with van der Waals surface area (Å²) in [4.78, 5) is 6.48. The van der Waals surface area contributed by atoms with E-state index in [1.165, 1.54) is 41.5 Å². The van der Waals surface area contributed by atoms with Crippen molar-refractivity contribution in [1.29, 1.82) is 0 Å². The minimum atomic E-state index is 0.374. The fraction of sp³-hybridized carbons (Fsp3) is 0.619. The fourth-order valence-electron chi connectivity index (χ4n) is 5.05. The predicted molar refractivity (Wildman–Crippen MR) is 103 cm³/mol. The maximum atomic E-state index is 9.90. The molecule has 4 unspecified atom stereocenters. The zero-order valence-electron chi connectivity index (χ0n) is 15.9. The van der Waals surface area contributed by atoms with Crippen LogP contribution in [-0.4, -0.2) is 46.3 Å². The highest BCUT2D eigenvalue weighted by Crippen LogP contribution is 2.44. The summed E-state index contributed by atoms with van der Waals surface area (Å²) in [5.41, 5.74) is 4.08. The second-order valence-electron chi connectivity index (χ2n) is 7.82. The Bertz CT molecular complexity index is 724. The highest BCUT2D eigenvalue weighted by atomic mass is 16.3. The maximum absolute atomic E-state index is 9.90. The van der Waals surface area contributed by atoms with Gasteiger partial charge in [-0.15, -0.1) is 0 Å². The summed E-state index contributed by atoms with van der Waals surface area (Å²) >= 11 is 0. The Kier molecular flexibility index (Phi) is 5.40. The smallest absolute Gasteiger partial charge is 0.116 e. The number of phenolic OH excluding ortho intramolecular Hbond substituents is 1. The third kappa shape index (κ3) is 3.18. The summed E-state index contributed by atoms with van der Waals surface area (Å²) in [5.74, 6) is 2.45. The monoisotopic (exact) mass is 344 g/mol. The molecule has 0 aliphatic carbocycles. The zero-order chi connectivity index (χ0) is 18.1. The maximum Gasteiger partial charge on any atom is 0.116 e. The van der Waals surface area contributed by atoms with E-state index in [2.05, 4.69) is 30.7 Å². The molecule has 1 saturated heterocycles. The van der Waals surface area contributed by atoms with Gasteiger partial charge in [0, 0.05) is 48.8 Å². The molecule has 1 aromatic heterocycles. The molecular formula is C21H32N2O2. The third-order valence-electron chi connectivity index (χ3n) is 6.21. The summed E-state index contributed by atoms with van der Waals surface area (Å²) < 4.78 is 0. The predicted octanol–water partition coefficient (Wildman–Crippen LogP) is 3.88. The van der Waals surface area contributed by atoms with Crippen molar-refractivity contribution in [3.05, 3.63) is 29.5 Å². The van der Waals surface area contributed by atoms with Crippen molar-refractivity contribution in [1.82, 2.24) is 9.88 Å². The molecule has 4 heteroatoms. The average Bonchev–Trinajstić information content (AvgIpc) is 2.93. The summed E-state index contributed by atoms with van der Waals surface area (Å²) in [6.45, 7) is 9.51. The number of rotatable bonds is 2. The number of fused-ring (bicyclic) bond motifs is 6. The van der Waals surface area contributed by atoms with Crippen molar-refractivity contribution in [2.45, 2.75) is 52.0 Å². The van der Waals surface area contributed by atoms with Crippen molar-refractivity contribution in [3.63, 3.8) is 0 Å². The molecule has 0 saturated carbocycles. The van der Waals surface area contributed by atoms with Gasteiger partial charge in [0.1, 0.15) is 5.75 Å². The van der Waals surface area contributed by atoms with E-state index in [-0.39, 0.29) is 0 Å². The molecule has 0 amide bonds. The number of nitrogens with zero attached hydrogens (tertiary/aromatic N) is 1. The topological polar surface area (TPSA) is 59.5 Å². The highest BCUT2D eigenvalue weighted by Gasteiger charge is 2.41. The van der Waals surface area contributed by atoms with Crippen molar-refractivity contribution in [3.8, 4) is 5.75 Å². The molecule has 2 bridgehead atoms. The number of aromatic amines is 1. The molecule has 3 heterocycles. The van der Waals surface area contributed by atoms with E-state index in [4.69, 9.17) is 5.11 Å². The van der Waals surface area contributed by atoms with Gasteiger partial charge in [-0.25, -0.2) is 0 Å². The molecule has 25 heavy (non-hydrogen) atoms. The fourth-order valence-corrected chi connectivity index (χ4v) is 5.05. The molecule has 1 aromatic carbocycles. The largest absolute Gasteiger partial charge is 0.508 e. The lowest BCUT2D eigenvalue weighted by molar-refractivity contribution is 0.0624. The molecule has 0 spiro atoms. The molecule has 4 nitrogen and oxygen atoms in total. The Balaban J connectivity index is 0.000000880. The first-order chi connectivity index (χ1) is 12.1. The molecule has 1 fully saturated rings. The van der Waals surface area contributed by atoms with E-state index in [0.29, 0.717) is 17.7 Å². The van der Waals surface area contributed by atoms with Crippen molar-refractivity contribution in [2.75, 3.05) is 20.2 Å². The Hall–Kier alpha value is -1.52. The normalized spacial score (nSPS) is 29.3. The van der Waals surface area contributed by atoms with Gasteiger partial charge in [-0.05, 0) is 48.4 Å². The third-order valence-corrected chi connectivity index (χ3v) is 6.21. The molecule has 4 rings (SSSR count). The molecule has 3 N–H and O–H groups in total. The lowest BCUT2D eigenvalue weighted by Gasteiger charge is -2.45. The second kappa shape index (κ2) is 7.38. The van der Waals surface area contributed by atoms with Gasteiger partial charge < -0.3 is 15.2 Å². The molecule has 2 aliphatic heterocycles. The quantitative estimate of drug-likeness (QED) is 0.775. The van der Waals surface area contributed by atoms with Crippen LogP contribution < -0.4 is 0 Å². The number of phenols is 1. The van der Waals surface area contributed by atoms with E-state index in [9.17, 15) is 5.11 Å². The molecule has 0 radical (unpaired) electrons. The number of piperidine rings is 1. The van der Waals surface area contributed by atoms with Crippen molar-refractivity contribution >= 4 is 10.9 Å². The number of aliphatic hydroxyl groups is 1. The highest BCUT2D eigenvalue weighted by molar-refractivity contribution is 5.86. The lowest BCUT2D eigenvalue weighted by atomic mass is 9.76. The van der Waals surface area contributed by atoms with Crippen LogP contribution in [0.1, 0.15) is 50.8 Å². The van der Waals surface area contributed by atoms with Gasteiger partial charge in [-0.1, -0.05) is 27.2 Å². The van der Waals surface area contributed by atoms with Crippen LogP contribution in [0.4, 0.5) is 0 Å². The second-order valence-corrected chi connectivity index (χ2v) is 7.82. The number of nitrogens with one attached hydrogen (secondary N) is 1. The standard InChI is InChI=1S/C20H28N2O.CH4O/c1-4-13(3)20-17-9-12(2)11-22(20)8-7-15-16-10-14(23)5-6-18(16)21-19(15)17;1-2/h5-6,10,12-13,17,20-21,23H,4,7-9,11H2,1-3H3;2H,1H3/t12-,13?,17?,20?;/m0./s1. The van der Waals surface area contributed by atoms with Crippen LogP contribution >= 0.6 is 0 Å². The van der Waals surface area contributed by atoms with Gasteiger partial charge >= 0.3 is 0 Å². The van der Waals surface area contributed by atoms with Crippen LogP contribution in [0.15, 0.2) is 18.2 Å². The number of hydrogen-bond donors (Lipinski definition) is 3. The van der Waals surface area contributed by atoms with E-state index < -0.39 is 0 Å². The van der Waals surface area contributed by atoms with Crippen LogP contribution in [0.25, 0.3) is 10.9 Å². The van der Waals surface area contributed by atoms with Gasteiger partial charge in [-0.3, -0.25) is 4.90 Å². The van der Waals surface area contributed by atoms with E-state index in [0.717, 1.165) is 31.9 Å².